The molecular weight excluding hydrogens is 796 g/mol. The molecule has 0 aliphatic carbocycles. The second kappa shape index (κ2) is 119. The van der Waals surface area contributed by atoms with E-state index >= 15 is 0 Å². The van der Waals surface area contributed by atoms with Gasteiger partial charge in [0.2, 0.25) is 0 Å². The first kappa shape index (κ1) is 86.3. The van der Waals surface area contributed by atoms with Gasteiger partial charge in [0.1, 0.15) is 39.0 Å². The van der Waals surface area contributed by atoms with Gasteiger partial charge in [0, 0.05) is 46.3 Å². The van der Waals surface area contributed by atoms with Gasteiger partial charge >= 0.3 is 29.6 Å². The third-order valence-corrected chi connectivity index (χ3v) is 1.86. The molecule has 0 rings (SSSR count). The van der Waals surface area contributed by atoms with Gasteiger partial charge in [-0.25, -0.2) is 11.8 Å². The van der Waals surface area contributed by atoms with Crippen LogP contribution in [0.1, 0.15) is 34.6 Å². The van der Waals surface area contributed by atoms with Crippen molar-refractivity contribution in [2.24, 2.45) is 44.3 Å². The minimum Gasteiger partial charge on any atom is -0.412 e. The average molecular weight is 864 g/mol. The molecule has 0 saturated heterocycles. The first-order valence-corrected chi connectivity index (χ1v) is 18.2. The number of nitrogens with two attached hydrogens (primary N) is 7. The summed E-state index contributed by atoms with van der Waals surface area (Å²) in [6, 6.07) is 0. The van der Waals surface area contributed by atoms with Crippen LogP contribution >= 0.6 is 23.9 Å². The molecule has 0 amide bonds. The Bertz CT molecular complexity index is 407. The van der Waals surface area contributed by atoms with E-state index in [0.717, 1.165) is 38.5 Å². The van der Waals surface area contributed by atoms with Crippen molar-refractivity contribution in [1.29, 1.82) is 0 Å². The van der Waals surface area contributed by atoms with Crippen LogP contribution in [0.3, 0.4) is 0 Å². The van der Waals surface area contributed by atoms with Gasteiger partial charge in [-0.15, -0.1) is 0 Å². The molecule has 0 aromatic heterocycles. The average Bonchev–Trinajstić information content (AvgIpc) is 2.92. The zero-order valence-electron chi connectivity index (χ0n) is 30.0. The van der Waals surface area contributed by atoms with E-state index in [4.69, 9.17) is 65.8 Å². The number of aliphatic hydroxyl groups excluding tert-OH is 2. The van der Waals surface area contributed by atoms with Crippen molar-refractivity contribution in [2.45, 2.75) is 40.7 Å². The number of halogens is 1. The van der Waals surface area contributed by atoms with Gasteiger partial charge in [-0.05, 0) is 53.3 Å². The molecule has 0 spiro atoms. The van der Waals surface area contributed by atoms with E-state index < -0.39 is 26.2 Å². The van der Waals surface area contributed by atoms with Gasteiger partial charge in [-0.1, -0.05) is 23.9 Å². The zero-order valence-corrected chi connectivity index (χ0v) is 35.8. The molecule has 0 aromatic rings. The Kier molecular flexibility index (Phi) is 218. The minimum atomic E-state index is -5.94. The Labute approximate surface area is 319 Å². The first-order valence-electron chi connectivity index (χ1n) is 12.1. The molecule has 18 N–H and O–H groups in total. The maximum atomic E-state index is 8.81. The number of aldehydes is 3. The molecule has 1 atom stereocenters. The van der Waals surface area contributed by atoms with Crippen LogP contribution in [0.15, 0.2) is 4.99 Å². The maximum Gasteiger partial charge on any atom is 1.00 e. The molecular formula is C22H67IN9NaO12S2. The van der Waals surface area contributed by atoms with Crippen LogP contribution in [0.2, 0.25) is 0 Å². The van der Waals surface area contributed by atoms with E-state index in [1.165, 1.54) is 65.8 Å². The third-order valence-electron chi connectivity index (χ3n) is 1.86. The summed E-state index contributed by atoms with van der Waals surface area (Å²) in [6.45, 7) is 12.3. The SMILES string of the molecule is CC(O)CO.CC=NC.CC=O.CC=O.CC=O.CON.CON.CSN.CSN.NCCN(CCN)CCN.O.[Na+].[O-][I+3]([O-])([O-])[O-]. The summed E-state index contributed by atoms with van der Waals surface area (Å²) in [5.74, 6) is 8.69. The van der Waals surface area contributed by atoms with E-state index in [1.54, 1.807) is 13.3 Å². The summed E-state index contributed by atoms with van der Waals surface area (Å²) in [7, 11) is 4.56. The molecule has 25 heteroatoms. The number of carbonyl (C=O) groups is 3. The first-order chi connectivity index (χ1) is 20.9. The minimum absolute atomic E-state index is 0. The van der Waals surface area contributed by atoms with Crippen molar-refractivity contribution in [2.75, 3.05) is 79.7 Å². The van der Waals surface area contributed by atoms with Gasteiger partial charge in [0.15, 0.2) is 0 Å². The largest absolute Gasteiger partial charge is 1.00 e. The zero-order chi connectivity index (χ0) is 39.0. The molecule has 0 radical (unpaired) electrons. The van der Waals surface area contributed by atoms with Crippen molar-refractivity contribution in [1.82, 2.24) is 4.90 Å². The summed E-state index contributed by atoms with van der Waals surface area (Å²) in [5.41, 5.74) is 16.1. The van der Waals surface area contributed by atoms with Crippen molar-refractivity contribution >= 4 is 49.0 Å². The number of aliphatic hydroxyl groups is 2. The smallest absolute Gasteiger partial charge is 0.412 e. The molecule has 0 aromatic carbocycles. The van der Waals surface area contributed by atoms with E-state index in [1.807, 2.05) is 19.4 Å². The van der Waals surface area contributed by atoms with Gasteiger partial charge in [-0.2, -0.15) is 0 Å². The summed E-state index contributed by atoms with van der Waals surface area (Å²) < 4.78 is 34.5. The van der Waals surface area contributed by atoms with E-state index in [9.17, 15) is 0 Å². The number of hydrogen-bond acceptors (Lipinski definition) is 22. The van der Waals surface area contributed by atoms with Crippen molar-refractivity contribution in [3.8, 4) is 0 Å². The van der Waals surface area contributed by atoms with E-state index in [0.29, 0.717) is 19.6 Å². The van der Waals surface area contributed by atoms with Gasteiger partial charge in [-0.3, -0.25) is 28.9 Å². The fourth-order valence-corrected chi connectivity index (χ4v) is 0.883. The molecule has 0 bridgehead atoms. The summed E-state index contributed by atoms with van der Waals surface area (Å²) >= 11 is -3.44. The summed E-state index contributed by atoms with van der Waals surface area (Å²) in [4.78, 5) is 39.7. The predicted molar refractivity (Wildman–Crippen MR) is 179 cm³/mol. The van der Waals surface area contributed by atoms with Crippen LogP contribution < -0.4 is 103 Å². The molecule has 292 valence electrons. The van der Waals surface area contributed by atoms with Crippen molar-refractivity contribution in [3.63, 3.8) is 0 Å². The van der Waals surface area contributed by atoms with Gasteiger partial charge in [0.05, 0.1) is 26.9 Å². The number of aliphatic imine (C=N–C) groups is 1. The van der Waals surface area contributed by atoms with Crippen molar-refractivity contribution in [3.05, 3.63) is 0 Å². The van der Waals surface area contributed by atoms with Crippen LogP contribution in [-0.2, 0) is 24.1 Å². The maximum absolute atomic E-state index is 8.81. The topological polar surface area (TPSA) is 432 Å². The Hall–Kier alpha value is 0.430. The third kappa shape index (κ3) is 593. The van der Waals surface area contributed by atoms with Crippen LogP contribution in [0.25, 0.3) is 0 Å². The molecule has 1 unspecified atom stereocenters. The predicted octanol–water partition coefficient (Wildman–Crippen LogP) is -13.3. The van der Waals surface area contributed by atoms with Gasteiger partial charge < -0.3 is 61.9 Å². The monoisotopic (exact) mass is 863 g/mol. The normalized spacial score (nSPS) is 8.34. The molecule has 47 heavy (non-hydrogen) atoms. The molecule has 21 nitrogen and oxygen atoms in total. The second-order valence-electron chi connectivity index (χ2n) is 5.78. The number of nitrogens with zero attached hydrogens (tertiary/aromatic N) is 2. The van der Waals surface area contributed by atoms with Gasteiger partial charge in [0.25, 0.3) is 0 Å². The molecule has 0 heterocycles. The van der Waals surface area contributed by atoms with E-state index in [-0.39, 0.29) is 41.6 Å². The summed E-state index contributed by atoms with van der Waals surface area (Å²) in [6.07, 6.45) is 7.08. The van der Waals surface area contributed by atoms with Crippen LogP contribution in [0, 0.1) is 0 Å². The Morgan fingerprint density at radius 3 is 0.957 bits per heavy atom. The number of rotatable bonds is 7. The van der Waals surface area contributed by atoms with Crippen LogP contribution in [-0.4, -0.2) is 131 Å². The number of carbonyl (C=O) groups excluding carboxylic acids is 3. The van der Waals surface area contributed by atoms with Crippen LogP contribution in [0.5, 0.6) is 0 Å². The molecule has 0 aliphatic heterocycles. The standard InChI is InChI=1S/C6H18N4.C3H7N.C3H8O2.3C2H4O.2CH5NO.2CH5NS.IO4.Na.H2O/c7-1-4-10(5-2-8)6-3-9;1-3-4-2;1-3(5)2-4;3*1-2-3;4*1-3-2;2-1(3,4)5;;/h1-9H2;3H,1-2H3;3-5H,2H2,1H3;3*2H,1H3;4*2H2,1H3;;;1H2/q;;;;;;;;;;-1;+1;. The molecule has 0 aliphatic rings. The second-order valence-corrected chi connectivity index (χ2v) is 8.88. The molecule has 0 fully saturated rings. The quantitative estimate of drug-likeness (QED) is 0.0286. The van der Waals surface area contributed by atoms with Crippen LogP contribution in [0.4, 0.5) is 0 Å². The fourth-order valence-electron chi connectivity index (χ4n) is 0.883. The van der Waals surface area contributed by atoms with Crippen molar-refractivity contribution < 1.29 is 103 Å². The summed E-state index contributed by atoms with van der Waals surface area (Å²) in [5, 5.41) is 25.5. The Morgan fingerprint density at radius 1 is 0.809 bits per heavy atom. The fraction of sp³-hybridized carbons (Fsp3) is 0.818. The molecule has 0 saturated carbocycles. The number of hydrogen-bond donors (Lipinski definition) is 9. The Morgan fingerprint density at radius 2 is 0.915 bits per heavy atom. The Balaban J connectivity index is -0.0000000254. The van der Waals surface area contributed by atoms with E-state index in [2.05, 4.69) is 31.4 Å².